The zero-order valence-electron chi connectivity index (χ0n) is 16.4. The second kappa shape index (κ2) is 9.25. The molecule has 3 aromatic carbocycles. The van der Waals surface area contributed by atoms with Crippen molar-refractivity contribution in [1.82, 2.24) is 0 Å². The summed E-state index contributed by atoms with van der Waals surface area (Å²) in [5.41, 5.74) is 2.00. The molecule has 0 aromatic heterocycles. The third-order valence-corrected chi connectivity index (χ3v) is 5.70. The van der Waals surface area contributed by atoms with Gasteiger partial charge in [0.25, 0.3) is 16.8 Å². The van der Waals surface area contributed by atoms with Crippen LogP contribution in [-0.2, 0) is 11.4 Å². The number of anilines is 1. The number of non-ortho nitro benzene ring substituents is 1. The number of benzene rings is 3. The van der Waals surface area contributed by atoms with E-state index in [4.69, 9.17) is 16.3 Å². The van der Waals surface area contributed by atoms with E-state index in [9.17, 15) is 19.7 Å². The van der Waals surface area contributed by atoms with Crippen LogP contribution in [0.25, 0.3) is 6.08 Å². The molecule has 1 fully saturated rings. The third kappa shape index (κ3) is 4.82. The summed E-state index contributed by atoms with van der Waals surface area (Å²) < 4.78 is 5.70. The zero-order chi connectivity index (χ0) is 22.7. The Balaban J connectivity index is 1.42. The summed E-state index contributed by atoms with van der Waals surface area (Å²) >= 11 is 6.84. The van der Waals surface area contributed by atoms with Gasteiger partial charge in [0.2, 0.25) is 0 Å². The summed E-state index contributed by atoms with van der Waals surface area (Å²) in [6.45, 7) is 0.260. The number of amides is 2. The summed E-state index contributed by atoms with van der Waals surface area (Å²) in [4.78, 5) is 36.8. The average molecular weight is 467 g/mol. The van der Waals surface area contributed by atoms with E-state index in [1.54, 1.807) is 66.7 Å². The van der Waals surface area contributed by atoms with E-state index in [-0.39, 0.29) is 17.5 Å². The minimum absolute atomic E-state index is 0.0258. The maximum Gasteiger partial charge on any atom is 0.298 e. The van der Waals surface area contributed by atoms with Crippen LogP contribution >= 0.6 is 23.4 Å². The summed E-state index contributed by atoms with van der Waals surface area (Å²) in [7, 11) is 0. The second-order valence-corrected chi connectivity index (χ2v) is 8.21. The predicted octanol–water partition coefficient (Wildman–Crippen LogP) is 6.07. The molecule has 0 atom stereocenters. The first-order valence-corrected chi connectivity index (χ1v) is 10.6. The molecule has 4 rings (SSSR count). The van der Waals surface area contributed by atoms with Gasteiger partial charge in [0.1, 0.15) is 12.4 Å². The largest absolute Gasteiger partial charge is 0.489 e. The zero-order valence-corrected chi connectivity index (χ0v) is 18.0. The Labute approximate surface area is 192 Å². The third-order valence-electron chi connectivity index (χ3n) is 4.59. The van der Waals surface area contributed by atoms with E-state index in [2.05, 4.69) is 0 Å². The number of halogens is 1. The number of nitrogens with zero attached hydrogens (tertiary/aromatic N) is 2. The number of nitro groups is 1. The molecule has 1 heterocycles. The first-order chi connectivity index (χ1) is 15.4. The van der Waals surface area contributed by atoms with Crippen molar-refractivity contribution < 1.29 is 19.2 Å². The second-order valence-electron chi connectivity index (χ2n) is 6.78. The van der Waals surface area contributed by atoms with Crippen molar-refractivity contribution in [2.75, 3.05) is 4.90 Å². The highest BCUT2D eigenvalue weighted by molar-refractivity contribution is 8.19. The van der Waals surface area contributed by atoms with Crippen molar-refractivity contribution in [3.05, 3.63) is 104 Å². The van der Waals surface area contributed by atoms with Crippen LogP contribution in [0.1, 0.15) is 11.1 Å². The molecule has 2 amide bonds. The summed E-state index contributed by atoms with van der Waals surface area (Å²) in [5.74, 6) is 0.202. The maximum absolute atomic E-state index is 12.7. The normalized spacial score (nSPS) is 14.8. The van der Waals surface area contributed by atoms with Crippen LogP contribution in [0.4, 0.5) is 16.2 Å². The maximum atomic E-state index is 12.7. The number of hydrogen-bond donors (Lipinski definition) is 0. The predicted molar refractivity (Wildman–Crippen MR) is 124 cm³/mol. The number of thioether (sulfide) groups is 1. The lowest BCUT2D eigenvalue weighted by molar-refractivity contribution is -0.384. The van der Waals surface area contributed by atoms with E-state index in [0.29, 0.717) is 21.4 Å². The molecule has 160 valence electrons. The molecule has 0 bridgehead atoms. The van der Waals surface area contributed by atoms with Crippen molar-refractivity contribution >= 4 is 52.0 Å². The van der Waals surface area contributed by atoms with Gasteiger partial charge in [0.15, 0.2) is 0 Å². The van der Waals surface area contributed by atoms with Crippen LogP contribution in [-0.4, -0.2) is 16.1 Å². The number of ether oxygens (including phenoxy) is 1. The monoisotopic (exact) mass is 466 g/mol. The van der Waals surface area contributed by atoms with E-state index >= 15 is 0 Å². The van der Waals surface area contributed by atoms with Gasteiger partial charge >= 0.3 is 0 Å². The quantitative estimate of drug-likeness (QED) is 0.249. The number of carbonyl (C=O) groups is 2. The molecule has 7 nitrogen and oxygen atoms in total. The van der Waals surface area contributed by atoms with E-state index in [1.165, 1.54) is 12.1 Å². The Morgan fingerprint density at radius 2 is 1.75 bits per heavy atom. The highest BCUT2D eigenvalue weighted by atomic mass is 35.5. The van der Waals surface area contributed by atoms with Gasteiger partial charge < -0.3 is 4.74 Å². The van der Waals surface area contributed by atoms with Crippen molar-refractivity contribution in [3.8, 4) is 5.75 Å². The SMILES string of the molecule is O=C1S/C(=C/c2ccc(OCc3ccc([N+](=O)[O-])cc3)cc2)C(=O)N1c1cccc(Cl)c1. The van der Waals surface area contributed by atoms with Crippen LogP contribution in [0.15, 0.2) is 77.7 Å². The van der Waals surface area contributed by atoms with Crippen molar-refractivity contribution in [2.45, 2.75) is 6.61 Å². The van der Waals surface area contributed by atoms with Gasteiger partial charge in [-0.25, -0.2) is 4.90 Å². The van der Waals surface area contributed by atoms with Crippen LogP contribution < -0.4 is 9.64 Å². The molecular formula is C23H15ClN2O5S. The van der Waals surface area contributed by atoms with Gasteiger partial charge in [0.05, 0.1) is 15.5 Å². The molecule has 0 aliphatic carbocycles. The van der Waals surface area contributed by atoms with Crippen molar-refractivity contribution in [2.24, 2.45) is 0 Å². The van der Waals surface area contributed by atoms with Gasteiger partial charge in [-0.3, -0.25) is 19.7 Å². The van der Waals surface area contributed by atoms with Gasteiger partial charge in [-0.1, -0.05) is 29.8 Å². The van der Waals surface area contributed by atoms with Gasteiger partial charge in [-0.15, -0.1) is 0 Å². The summed E-state index contributed by atoms with van der Waals surface area (Å²) in [5, 5.41) is 10.8. The molecule has 0 radical (unpaired) electrons. The molecule has 9 heteroatoms. The fourth-order valence-corrected chi connectivity index (χ4v) is 4.02. The Kier molecular flexibility index (Phi) is 6.25. The molecule has 3 aromatic rings. The topological polar surface area (TPSA) is 89.7 Å². The van der Waals surface area contributed by atoms with Gasteiger partial charge in [-0.2, -0.15) is 0 Å². The number of rotatable bonds is 6. The molecular weight excluding hydrogens is 452 g/mol. The first kappa shape index (κ1) is 21.6. The van der Waals surface area contributed by atoms with Crippen LogP contribution in [0, 0.1) is 10.1 Å². The lowest BCUT2D eigenvalue weighted by Crippen LogP contribution is -2.27. The summed E-state index contributed by atoms with van der Waals surface area (Å²) in [6, 6.07) is 19.8. The van der Waals surface area contributed by atoms with Gasteiger partial charge in [0, 0.05) is 17.2 Å². The van der Waals surface area contributed by atoms with Crippen LogP contribution in [0.3, 0.4) is 0 Å². The lowest BCUT2D eigenvalue weighted by Gasteiger charge is -2.12. The minimum Gasteiger partial charge on any atom is -0.489 e. The minimum atomic E-state index is -0.451. The molecule has 0 unspecified atom stereocenters. The lowest BCUT2D eigenvalue weighted by atomic mass is 10.2. The van der Waals surface area contributed by atoms with Gasteiger partial charge in [-0.05, 0) is 71.4 Å². The van der Waals surface area contributed by atoms with Crippen molar-refractivity contribution in [1.29, 1.82) is 0 Å². The highest BCUT2D eigenvalue weighted by Crippen LogP contribution is 2.36. The summed E-state index contributed by atoms with van der Waals surface area (Å²) in [6.07, 6.45) is 1.65. The van der Waals surface area contributed by atoms with E-state index in [0.717, 1.165) is 27.8 Å². The standard InChI is InChI=1S/C23H15ClN2O5S/c24-17-2-1-3-19(13-17)25-22(27)21(32-23(25)28)12-15-6-10-20(11-7-15)31-14-16-4-8-18(9-5-16)26(29)30/h1-13H,14H2/b21-12+. The highest BCUT2D eigenvalue weighted by Gasteiger charge is 2.36. The Bertz CT molecular complexity index is 1230. The molecule has 0 N–H and O–H groups in total. The number of nitro benzene ring substituents is 1. The molecule has 1 aliphatic rings. The molecule has 0 saturated carbocycles. The van der Waals surface area contributed by atoms with Crippen LogP contribution in [0.2, 0.25) is 5.02 Å². The van der Waals surface area contributed by atoms with E-state index < -0.39 is 10.8 Å². The number of carbonyl (C=O) groups excluding carboxylic acids is 2. The number of imide groups is 1. The van der Waals surface area contributed by atoms with Crippen LogP contribution in [0.5, 0.6) is 5.75 Å². The average Bonchev–Trinajstić information content (AvgIpc) is 3.06. The molecule has 1 saturated heterocycles. The first-order valence-electron chi connectivity index (χ1n) is 9.40. The Morgan fingerprint density at radius 1 is 1.03 bits per heavy atom. The van der Waals surface area contributed by atoms with E-state index in [1.807, 2.05) is 0 Å². The number of hydrogen-bond acceptors (Lipinski definition) is 6. The fourth-order valence-electron chi connectivity index (χ4n) is 3.00. The molecule has 0 spiro atoms. The Morgan fingerprint density at radius 3 is 2.41 bits per heavy atom. The fraction of sp³-hybridized carbons (Fsp3) is 0.0435. The Hall–Kier alpha value is -3.62. The van der Waals surface area contributed by atoms with Crippen molar-refractivity contribution in [3.63, 3.8) is 0 Å². The molecule has 1 aliphatic heterocycles. The smallest absolute Gasteiger partial charge is 0.298 e. The molecule has 32 heavy (non-hydrogen) atoms.